The SMILES string of the molecule is C=CCNc1cc(N(CC)c2cccc(C)c2)nc(C)n1. The summed E-state index contributed by atoms with van der Waals surface area (Å²) in [6.45, 7) is 11.4. The van der Waals surface area contributed by atoms with E-state index in [2.05, 4.69) is 64.9 Å². The number of nitrogens with zero attached hydrogens (tertiary/aromatic N) is 3. The van der Waals surface area contributed by atoms with Crippen LogP contribution >= 0.6 is 0 Å². The van der Waals surface area contributed by atoms with E-state index >= 15 is 0 Å². The third-order valence-corrected chi connectivity index (χ3v) is 3.16. The minimum Gasteiger partial charge on any atom is -0.366 e. The van der Waals surface area contributed by atoms with Crippen molar-refractivity contribution < 1.29 is 0 Å². The summed E-state index contributed by atoms with van der Waals surface area (Å²) in [5, 5.41) is 3.22. The lowest BCUT2D eigenvalue weighted by Gasteiger charge is -2.23. The molecule has 1 N–H and O–H groups in total. The molecule has 1 aromatic carbocycles. The number of aryl methyl sites for hydroxylation is 2. The average Bonchev–Trinajstić information content (AvgIpc) is 2.45. The van der Waals surface area contributed by atoms with Crippen LogP contribution in [0.3, 0.4) is 0 Å². The molecule has 0 saturated carbocycles. The number of anilines is 3. The van der Waals surface area contributed by atoms with Crippen LogP contribution in [0.4, 0.5) is 17.3 Å². The fourth-order valence-electron chi connectivity index (χ4n) is 2.23. The molecule has 1 heterocycles. The second-order valence-corrected chi connectivity index (χ2v) is 4.91. The molecule has 110 valence electrons. The number of aromatic nitrogens is 2. The van der Waals surface area contributed by atoms with E-state index in [1.807, 2.05) is 19.1 Å². The van der Waals surface area contributed by atoms with E-state index in [1.54, 1.807) is 0 Å². The molecule has 4 nitrogen and oxygen atoms in total. The van der Waals surface area contributed by atoms with Crippen molar-refractivity contribution in [1.29, 1.82) is 0 Å². The zero-order valence-corrected chi connectivity index (χ0v) is 12.9. The Morgan fingerprint density at radius 3 is 2.71 bits per heavy atom. The van der Waals surface area contributed by atoms with Crippen molar-refractivity contribution in [3.05, 3.63) is 54.4 Å². The third kappa shape index (κ3) is 3.81. The Labute approximate surface area is 126 Å². The Hall–Kier alpha value is -2.36. The lowest BCUT2D eigenvalue weighted by molar-refractivity contribution is 0.949. The molecule has 0 atom stereocenters. The van der Waals surface area contributed by atoms with Crippen molar-refractivity contribution in [2.24, 2.45) is 0 Å². The second kappa shape index (κ2) is 6.88. The van der Waals surface area contributed by atoms with Crippen molar-refractivity contribution in [1.82, 2.24) is 9.97 Å². The first kappa shape index (κ1) is 15.0. The number of benzene rings is 1. The van der Waals surface area contributed by atoms with E-state index in [9.17, 15) is 0 Å². The maximum Gasteiger partial charge on any atom is 0.138 e. The molecule has 4 heteroatoms. The second-order valence-electron chi connectivity index (χ2n) is 4.91. The van der Waals surface area contributed by atoms with E-state index in [1.165, 1.54) is 5.56 Å². The third-order valence-electron chi connectivity index (χ3n) is 3.16. The topological polar surface area (TPSA) is 41.0 Å². The van der Waals surface area contributed by atoms with Crippen LogP contribution in [-0.4, -0.2) is 23.1 Å². The summed E-state index contributed by atoms with van der Waals surface area (Å²) in [4.78, 5) is 11.2. The van der Waals surface area contributed by atoms with Gasteiger partial charge in [0.15, 0.2) is 0 Å². The highest BCUT2D eigenvalue weighted by atomic mass is 15.2. The number of hydrogen-bond acceptors (Lipinski definition) is 4. The van der Waals surface area contributed by atoms with Gasteiger partial charge in [0.1, 0.15) is 17.5 Å². The number of hydrogen-bond donors (Lipinski definition) is 1. The molecule has 0 aliphatic rings. The Morgan fingerprint density at radius 1 is 1.24 bits per heavy atom. The highest BCUT2D eigenvalue weighted by Crippen LogP contribution is 2.25. The largest absolute Gasteiger partial charge is 0.366 e. The molecule has 2 rings (SSSR count). The smallest absolute Gasteiger partial charge is 0.138 e. The molecule has 1 aromatic heterocycles. The van der Waals surface area contributed by atoms with Crippen molar-refractivity contribution in [2.75, 3.05) is 23.3 Å². The first-order chi connectivity index (χ1) is 10.1. The zero-order valence-electron chi connectivity index (χ0n) is 12.9. The van der Waals surface area contributed by atoms with Gasteiger partial charge in [0.05, 0.1) is 0 Å². The van der Waals surface area contributed by atoms with Gasteiger partial charge in [0.25, 0.3) is 0 Å². The monoisotopic (exact) mass is 282 g/mol. The first-order valence-corrected chi connectivity index (χ1v) is 7.18. The minimum absolute atomic E-state index is 0.687. The van der Waals surface area contributed by atoms with Crippen LogP contribution in [0, 0.1) is 13.8 Å². The van der Waals surface area contributed by atoms with Gasteiger partial charge in [-0.25, -0.2) is 9.97 Å². The lowest BCUT2D eigenvalue weighted by atomic mass is 10.2. The van der Waals surface area contributed by atoms with Crippen molar-refractivity contribution in [3.63, 3.8) is 0 Å². The Bertz CT molecular complexity index is 622. The van der Waals surface area contributed by atoms with Gasteiger partial charge < -0.3 is 10.2 Å². The zero-order chi connectivity index (χ0) is 15.2. The van der Waals surface area contributed by atoms with Crippen LogP contribution in [0.2, 0.25) is 0 Å². The summed E-state index contributed by atoms with van der Waals surface area (Å²) in [6.07, 6.45) is 1.81. The van der Waals surface area contributed by atoms with E-state index in [4.69, 9.17) is 0 Å². The summed E-state index contributed by atoms with van der Waals surface area (Å²) >= 11 is 0. The molecule has 0 unspecified atom stereocenters. The highest BCUT2D eigenvalue weighted by Gasteiger charge is 2.11. The molecule has 0 bridgehead atoms. The van der Waals surface area contributed by atoms with E-state index in [0.717, 1.165) is 29.7 Å². The van der Waals surface area contributed by atoms with E-state index in [-0.39, 0.29) is 0 Å². The quantitative estimate of drug-likeness (QED) is 0.817. The summed E-state index contributed by atoms with van der Waals surface area (Å²) in [5.74, 6) is 2.48. The molecule has 0 aliphatic heterocycles. The molecular weight excluding hydrogens is 260 g/mol. The van der Waals surface area contributed by atoms with Gasteiger partial charge in [-0.1, -0.05) is 18.2 Å². The van der Waals surface area contributed by atoms with Crippen LogP contribution in [0.5, 0.6) is 0 Å². The molecule has 0 fully saturated rings. The van der Waals surface area contributed by atoms with Crippen LogP contribution in [0.1, 0.15) is 18.3 Å². The van der Waals surface area contributed by atoms with E-state index < -0.39 is 0 Å². The fraction of sp³-hybridized carbons (Fsp3) is 0.294. The fourth-order valence-corrected chi connectivity index (χ4v) is 2.23. The van der Waals surface area contributed by atoms with Crippen LogP contribution in [0.15, 0.2) is 43.0 Å². The van der Waals surface area contributed by atoms with Crippen molar-refractivity contribution >= 4 is 17.3 Å². The molecule has 0 saturated heterocycles. The molecule has 2 aromatic rings. The Morgan fingerprint density at radius 2 is 2.05 bits per heavy atom. The van der Waals surface area contributed by atoms with Gasteiger partial charge >= 0.3 is 0 Å². The predicted molar refractivity (Wildman–Crippen MR) is 89.3 cm³/mol. The standard InChI is InChI=1S/C17H22N4/c1-5-10-18-16-12-17(20-14(4)19-16)21(6-2)15-9-7-8-13(3)11-15/h5,7-9,11-12H,1,6,10H2,2-4H3,(H,18,19,20). The summed E-state index contributed by atoms with van der Waals surface area (Å²) in [5.41, 5.74) is 2.38. The van der Waals surface area contributed by atoms with Gasteiger partial charge in [-0.3, -0.25) is 0 Å². The maximum atomic E-state index is 4.57. The van der Waals surface area contributed by atoms with Gasteiger partial charge in [0.2, 0.25) is 0 Å². The molecular formula is C17H22N4. The van der Waals surface area contributed by atoms with Gasteiger partial charge in [0, 0.05) is 24.8 Å². The molecule has 21 heavy (non-hydrogen) atoms. The van der Waals surface area contributed by atoms with Crippen molar-refractivity contribution in [2.45, 2.75) is 20.8 Å². The summed E-state index contributed by atoms with van der Waals surface area (Å²) in [7, 11) is 0. The molecule has 0 aliphatic carbocycles. The van der Waals surface area contributed by atoms with E-state index in [0.29, 0.717) is 6.54 Å². The van der Waals surface area contributed by atoms with Crippen LogP contribution in [-0.2, 0) is 0 Å². The normalized spacial score (nSPS) is 10.2. The number of rotatable bonds is 6. The minimum atomic E-state index is 0.687. The summed E-state index contributed by atoms with van der Waals surface area (Å²) in [6, 6.07) is 10.4. The molecule has 0 amide bonds. The highest BCUT2D eigenvalue weighted by molar-refractivity contribution is 5.63. The van der Waals surface area contributed by atoms with Crippen molar-refractivity contribution in [3.8, 4) is 0 Å². The Kier molecular flexibility index (Phi) is 4.93. The van der Waals surface area contributed by atoms with Crippen LogP contribution < -0.4 is 10.2 Å². The summed E-state index contributed by atoms with van der Waals surface area (Å²) < 4.78 is 0. The lowest BCUT2D eigenvalue weighted by Crippen LogP contribution is -2.18. The van der Waals surface area contributed by atoms with Gasteiger partial charge in [-0.2, -0.15) is 0 Å². The first-order valence-electron chi connectivity index (χ1n) is 7.18. The predicted octanol–water partition coefficient (Wildman–Crippen LogP) is 3.85. The Balaban J connectivity index is 2.37. The number of nitrogens with one attached hydrogen (secondary N) is 1. The molecule has 0 spiro atoms. The molecule has 0 radical (unpaired) electrons. The van der Waals surface area contributed by atoms with Crippen LogP contribution in [0.25, 0.3) is 0 Å². The maximum absolute atomic E-state index is 4.57. The average molecular weight is 282 g/mol. The van der Waals surface area contributed by atoms with Gasteiger partial charge in [-0.05, 0) is 38.5 Å². The van der Waals surface area contributed by atoms with Gasteiger partial charge in [-0.15, -0.1) is 6.58 Å².